The van der Waals surface area contributed by atoms with Crippen molar-refractivity contribution in [3.63, 3.8) is 0 Å². The molecule has 2 N–H and O–H groups in total. The zero-order valence-electron chi connectivity index (χ0n) is 14.4. The van der Waals surface area contributed by atoms with Crippen LogP contribution in [0.15, 0.2) is 10.6 Å². The molecule has 0 aromatic carbocycles. The molecule has 3 heterocycles. The topological polar surface area (TPSA) is 85.0 Å². The second-order valence-corrected chi connectivity index (χ2v) is 7.65. The van der Waals surface area contributed by atoms with Crippen LogP contribution < -0.4 is 10.6 Å². The van der Waals surface area contributed by atoms with E-state index in [1.54, 1.807) is 20.0 Å². The van der Waals surface area contributed by atoms with Gasteiger partial charge in [0, 0.05) is 19.2 Å². The van der Waals surface area contributed by atoms with Gasteiger partial charge in [0.1, 0.15) is 27.9 Å². The zero-order valence-corrected chi connectivity index (χ0v) is 15.2. The molecule has 1 amide bonds. The Morgan fingerprint density at radius 2 is 2.16 bits per heavy atom. The summed E-state index contributed by atoms with van der Waals surface area (Å²) in [6.07, 6.45) is 4.46. The Bertz CT molecular complexity index is 798. The van der Waals surface area contributed by atoms with Gasteiger partial charge in [-0.15, -0.1) is 0 Å². The number of nitrogens with zero attached hydrogens (tertiary/aromatic N) is 3. The van der Waals surface area contributed by atoms with Crippen LogP contribution in [0.25, 0.3) is 11.4 Å². The number of nitrogens with one attached hydrogen (secondary N) is 2. The van der Waals surface area contributed by atoms with Crippen molar-refractivity contribution in [2.24, 2.45) is 12.5 Å². The van der Waals surface area contributed by atoms with Gasteiger partial charge in [-0.25, -0.2) is 0 Å². The van der Waals surface area contributed by atoms with Crippen molar-refractivity contribution in [3.05, 3.63) is 22.5 Å². The van der Waals surface area contributed by atoms with Gasteiger partial charge >= 0.3 is 0 Å². The van der Waals surface area contributed by atoms with Crippen molar-refractivity contribution in [1.82, 2.24) is 25.6 Å². The van der Waals surface area contributed by atoms with Gasteiger partial charge < -0.3 is 15.2 Å². The van der Waals surface area contributed by atoms with Crippen molar-refractivity contribution < 1.29 is 9.32 Å². The molecule has 1 spiro atoms. The minimum Gasteiger partial charge on any atom is -0.361 e. The third-order valence-corrected chi connectivity index (χ3v) is 5.87. The maximum absolute atomic E-state index is 12.8. The Balaban J connectivity index is 1.51. The van der Waals surface area contributed by atoms with Crippen LogP contribution >= 0.6 is 11.6 Å². The minimum absolute atomic E-state index is 0.192. The number of carbonyl (C=O) groups excluding carboxylic acids is 1. The monoisotopic (exact) mass is 363 g/mol. The highest BCUT2D eigenvalue weighted by atomic mass is 35.5. The quantitative estimate of drug-likeness (QED) is 0.874. The van der Waals surface area contributed by atoms with Crippen molar-refractivity contribution in [1.29, 1.82) is 0 Å². The summed E-state index contributed by atoms with van der Waals surface area (Å²) in [5.74, 6) is 0.470. The standard InChI is InChI=1S/C17H22ClN5O2/c1-10-7-12(22-25-10)14-13(15(18)23(2)21-14)16(24)20-11-8-17(9-11)3-5-19-6-4-17/h7,11,19H,3-6,8-9H2,1-2H3,(H,20,24). The van der Waals surface area contributed by atoms with E-state index in [-0.39, 0.29) is 11.9 Å². The van der Waals surface area contributed by atoms with Gasteiger partial charge in [0.15, 0.2) is 0 Å². The molecule has 134 valence electrons. The summed E-state index contributed by atoms with van der Waals surface area (Å²) in [4.78, 5) is 12.8. The Labute approximate surface area is 151 Å². The number of rotatable bonds is 3. The average Bonchev–Trinajstić information content (AvgIpc) is 3.11. The van der Waals surface area contributed by atoms with Crippen molar-refractivity contribution in [3.8, 4) is 11.4 Å². The summed E-state index contributed by atoms with van der Waals surface area (Å²) in [7, 11) is 1.71. The molecule has 2 fully saturated rings. The first-order chi connectivity index (χ1) is 12.0. The first-order valence-corrected chi connectivity index (χ1v) is 9.03. The van der Waals surface area contributed by atoms with Crippen LogP contribution in [0, 0.1) is 12.3 Å². The van der Waals surface area contributed by atoms with Crippen molar-refractivity contribution in [2.45, 2.75) is 38.6 Å². The number of aromatic nitrogens is 3. The first kappa shape index (κ1) is 16.6. The van der Waals surface area contributed by atoms with E-state index < -0.39 is 0 Å². The fourth-order valence-corrected chi connectivity index (χ4v) is 4.29. The number of hydrogen-bond acceptors (Lipinski definition) is 5. The number of amides is 1. The lowest BCUT2D eigenvalue weighted by Crippen LogP contribution is -2.54. The molecular formula is C17H22ClN5O2. The van der Waals surface area contributed by atoms with Crippen LogP contribution in [0.2, 0.25) is 5.15 Å². The van der Waals surface area contributed by atoms with E-state index in [0.717, 1.165) is 25.9 Å². The molecule has 7 nitrogen and oxygen atoms in total. The van der Waals surface area contributed by atoms with Crippen molar-refractivity contribution in [2.75, 3.05) is 13.1 Å². The predicted molar refractivity (Wildman–Crippen MR) is 93.5 cm³/mol. The lowest BCUT2D eigenvalue weighted by Gasteiger charge is -2.50. The molecule has 1 saturated heterocycles. The molecule has 2 aliphatic rings. The first-order valence-electron chi connectivity index (χ1n) is 8.65. The van der Waals surface area contributed by atoms with Crippen LogP contribution in [-0.4, -0.2) is 40.0 Å². The Morgan fingerprint density at radius 1 is 1.44 bits per heavy atom. The molecule has 0 radical (unpaired) electrons. The van der Waals surface area contributed by atoms with E-state index in [0.29, 0.717) is 33.3 Å². The molecule has 0 unspecified atom stereocenters. The Kier molecular flexibility index (Phi) is 4.08. The van der Waals surface area contributed by atoms with Gasteiger partial charge in [-0.2, -0.15) is 5.10 Å². The molecule has 1 aliphatic heterocycles. The largest absolute Gasteiger partial charge is 0.361 e. The molecule has 8 heteroatoms. The van der Waals surface area contributed by atoms with Gasteiger partial charge in [0.2, 0.25) is 0 Å². The molecule has 25 heavy (non-hydrogen) atoms. The molecule has 2 aromatic rings. The second-order valence-electron chi connectivity index (χ2n) is 7.29. The fourth-order valence-electron chi connectivity index (χ4n) is 4.07. The van der Waals surface area contributed by atoms with E-state index in [9.17, 15) is 4.79 Å². The van der Waals surface area contributed by atoms with Gasteiger partial charge in [0.05, 0.1) is 0 Å². The van der Waals surface area contributed by atoms with Crippen LogP contribution in [0.4, 0.5) is 0 Å². The molecule has 0 bridgehead atoms. The predicted octanol–water partition coefficient (Wildman–Crippen LogP) is 2.30. The van der Waals surface area contributed by atoms with Crippen LogP contribution in [0.3, 0.4) is 0 Å². The minimum atomic E-state index is -0.192. The second kappa shape index (κ2) is 6.14. The van der Waals surface area contributed by atoms with E-state index >= 15 is 0 Å². The Hall–Kier alpha value is -1.86. The summed E-state index contributed by atoms with van der Waals surface area (Å²) in [5, 5.41) is 15.1. The average molecular weight is 364 g/mol. The van der Waals surface area contributed by atoms with Crippen LogP contribution in [-0.2, 0) is 7.05 Å². The number of halogens is 1. The molecule has 4 rings (SSSR count). The lowest BCUT2D eigenvalue weighted by molar-refractivity contribution is 0.0424. The summed E-state index contributed by atoms with van der Waals surface area (Å²) < 4.78 is 6.60. The van der Waals surface area contributed by atoms with E-state index in [1.165, 1.54) is 17.5 Å². The van der Waals surface area contributed by atoms with Gasteiger partial charge in [-0.05, 0) is 51.1 Å². The number of carbonyl (C=O) groups is 1. The molecule has 1 saturated carbocycles. The van der Waals surface area contributed by atoms with Gasteiger partial charge in [-0.3, -0.25) is 9.48 Å². The van der Waals surface area contributed by atoms with Crippen LogP contribution in [0.5, 0.6) is 0 Å². The highest BCUT2D eigenvalue weighted by Crippen LogP contribution is 2.48. The zero-order chi connectivity index (χ0) is 17.6. The lowest BCUT2D eigenvalue weighted by atomic mass is 9.60. The third-order valence-electron chi connectivity index (χ3n) is 5.43. The maximum atomic E-state index is 12.8. The van der Waals surface area contributed by atoms with E-state index in [2.05, 4.69) is 20.9 Å². The number of hydrogen-bond donors (Lipinski definition) is 2. The fraction of sp³-hybridized carbons (Fsp3) is 0.588. The summed E-state index contributed by atoms with van der Waals surface area (Å²) in [5.41, 5.74) is 1.75. The molecular weight excluding hydrogens is 342 g/mol. The Morgan fingerprint density at radius 3 is 2.80 bits per heavy atom. The van der Waals surface area contributed by atoms with Crippen molar-refractivity contribution >= 4 is 17.5 Å². The highest BCUT2D eigenvalue weighted by molar-refractivity contribution is 6.33. The smallest absolute Gasteiger partial charge is 0.256 e. The summed E-state index contributed by atoms with van der Waals surface area (Å²) >= 11 is 6.33. The molecule has 2 aromatic heterocycles. The maximum Gasteiger partial charge on any atom is 0.256 e. The third kappa shape index (κ3) is 2.95. The summed E-state index contributed by atoms with van der Waals surface area (Å²) in [6.45, 7) is 3.95. The normalized spacial score (nSPS) is 19.8. The number of aryl methyl sites for hydroxylation is 2. The van der Waals surface area contributed by atoms with Gasteiger partial charge in [0.25, 0.3) is 5.91 Å². The molecule has 0 atom stereocenters. The SMILES string of the molecule is Cc1cc(-c2nn(C)c(Cl)c2C(=O)NC2CC3(CCNCC3)C2)no1. The van der Waals surface area contributed by atoms with Gasteiger partial charge in [-0.1, -0.05) is 16.8 Å². The highest BCUT2D eigenvalue weighted by Gasteiger charge is 2.45. The van der Waals surface area contributed by atoms with E-state index in [4.69, 9.17) is 16.1 Å². The molecule has 1 aliphatic carbocycles. The van der Waals surface area contributed by atoms with E-state index in [1.807, 2.05) is 0 Å². The summed E-state index contributed by atoms with van der Waals surface area (Å²) in [6, 6.07) is 1.96. The van der Waals surface area contributed by atoms with Crippen LogP contribution in [0.1, 0.15) is 41.8 Å². The number of piperidine rings is 1.